The first-order chi connectivity index (χ1) is 19.1. The van der Waals surface area contributed by atoms with E-state index < -0.39 is 0 Å². The van der Waals surface area contributed by atoms with Gasteiger partial charge in [-0.2, -0.15) is 0 Å². The number of hydrogen-bond acceptors (Lipinski definition) is 1. The minimum Gasteiger partial charge on any atom is -0.309 e. The Hall–Kier alpha value is -4.40. The fourth-order valence-corrected chi connectivity index (χ4v) is 8.45. The molecule has 0 saturated carbocycles. The van der Waals surface area contributed by atoms with E-state index in [2.05, 4.69) is 134 Å². The average molecular weight is 516 g/mol. The van der Waals surface area contributed by atoms with Gasteiger partial charge in [0.2, 0.25) is 0 Å². The van der Waals surface area contributed by atoms with E-state index in [1.165, 1.54) is 80.7 Å². The number of nitrogens with zero attached hydrogens (tertiary/aromatic N) is 1. The van der Waals surface area contributed by atoms with Crippen molar-refractivity contribution in [2.24, 2.45) is 0 Å². The smallest absolute Gasteiger partial charge is 0.0594 e. The third-order valence-corrected chi connectivity index (χ3v) is 10.1. The molecule has 184 valence electrons. The van der Waals surface area contributed by atoms with E-state index in [9.17, 15) is 0 Å². The Balaban J connectivity index is 1.52. The molecule has 2 heteroatoms. The summed E-state index contributed by atoms with van der Waals surface area (Å²) in [6.45, 7) is 4.81. The number of para-hydroxylation sites is 1. The van der Waals surface area contributed by atoms with Crippen molar-refractivity contribution in [1.82, 2.24) is 4.57 Å². The van der Waals surface area contributed by atoms with Gasteiger partial charge in [-0.3, -0.25) is 0 Å². The fraction of sp³-hybridized carbons (Fsp3) is 0.0811. The van der Waals surface area contributed by atoms with Crippen molar-refractivity contribution in [3.63, 3.8) is 0 Å². The summed E-state index contributed by atoms with van der Waals surface area (Å²) in [4.78, 5) is 0. The number of aromatic nitrogens is 1. The minimum atomic E-state index is -0.123. The summed E-state index contributed by atoms with van der Waals surface area (Å²) < 4.78 is 5.22. The van der Waals surface area contributed by atoms with Crippen molar-refractivity contribution in [1.29, 1.82) is 0 Å². The molecule has 1 nitrogen and oxygen atoms in total. The van der Waals surface area contributed by atoms with Crippen molar-refractivity contribution in [2.75, 3.05) is 0 Å². The van der Waals surface area contributed by atoms with Gasteiger partial charge in [-0.15, -0.1) is 11.3 Å². The lowest BCUT2D eigenvalue weighted by Gasteiger charge is -2.24. The monoisotopic (exact) mass is 515 g/mol. The lowest BCUT2D eigenvalue weighted by atomic mass is 9.80. The van der Waals surface area contributed by atoms with Crippen LogP contribution in [0.2, 0.25) is 0 Å². The van der Waals surface area contributed by atoms with Gasteiger partial charge in [-0.25, -0.2) is 0 Å². The maximum absolute atomic E-state index is 2.55. The highest BCUT2D eigenvalue weighted by atomic mass is 32.1. The summed E-state index contributed by atoms with van der Waals surface area (Å²) in [5.41, 5.74) is 9.31. The third kappa shape index (κ3) is 2.65. The number of rotatable bonds is 1. The SMILES string of the molecule is CC1(C)c2ccccc2-c2c1c1c(c3ccccc23)c2ccccc2n1-c1ccc2c(c1)sc1ccccc12. The standard InChI is InChI=1S/C37H25NS/c1-37(2)29-16-8-5-14-27(29)33-25-12-3-4-13-26(25)34-28-15-6-9-17-30(28)38(36(34)35(33)37)22-19-20-24-23-11-7-10-18-31(23)39-32(24)21-22/h3-21H,1-2H3. The van der Waals surface area contributed by atoms with Gasteiger partial charge in [0.25, 0.3) is 0 Å². The van der Waals surface area contributed by atoms with Crippen LogP contribution in [0.15, 0.2) is 115 Å². The van der Waals surface area contributed by atoms with Crippen molar-refractivity contribution in [2.45, 2.75) is 19.3 Å². The Labute approximate surface area is 230 Å². The molecule has 2 heterocycles. The molecule has 39 heavy (non-hydrogen) atoms. The van der Waals surface area contributed by atoms with Crippen LogP contribution in [0.4, 0.5) is 0 Å². The molecule has 1 aliphatic rings. The van der Waals surface area contributed by atoms with Crippen molar-refractivity contribution in [3.05, 3.63) is 126 Å². The van der Waals surface area contributed by atoms with E-state index in [1.807, 2.05) is 11.3 Å². The average Bonchev–Trinajstić information content (AvgIpc) is 3.59. The van der Waals surface area contributed by atoms with E-state index >= 15 is 0 Å². The van der Waals surface area contributed by atoms with Gasteiger partial charge >= 0.3 is 0 Å². The largest absolute Gasteiger partial charge is 0.309 e. The van der Waals surface area contributed by atoms with Gasteiger partial charge in [0.05, 0.1) is 11.0 Å². The molecule has 0 aliphatic heterocycles. The molecule has 0 spiro atoms. The Bertz CT molecular complexity index is 2310. The van der Waals surface area contributed by atoms with Crippen molar-refractivity contribution < 1.29 is 0 Å². The molecule has 0 bridgehead atoms. The summed E-state index contributed by atoms with van der Waals surface area (Å²) >= 11 is 1.89. The predicted octanol–water partition coefficient (Wildman–Crippen LogP) is 10.6. The van der Waals surface area contributed by atoms with E-state index in [4.69, 9.17) is 0 Å². The molecule has 0 fully saturated rings. The van der Waals surface area contributed by atoms with Gasteiger partial charge in [0.1, 0.15) is 0 Å². The summed E-state index contributed by atoms with van der Waals surface area (Å²) in [6, 6.07) is 42.8. The summed E-state index contributed by atoms with van der Waals surface area (Å²) in [7, 11) is 0. The molecule has 2 aromatic heterocycles. The Morgan fingerprint density at radius 2 is 1.26 bits per heavy atom. The first kappa shape index (κ1) is 21.5. The number of thiophene rings is 1. The number of hydrogen-bond donors (Lipinski definition) is 0. The molecule has 0 saturated heterocycles. The van der Waals surface area contributed by atoms with E-state index in [1.54, 1.807) is 0 Å². The topological polar surface area (TPSA) is 4.93 Å². The molecular weight excluding hydrogens is 490 g/mol. The molecule has 0 amide bonds. The van der Waals surface area contributed by atoms with Crippen LogP contribution in [0.1, 0.15) is 25.0 Å². The van der Waals surface area contributed by atoms with Crippen LogP contribution in [0.3, 0.4) is 0 Å². The van der Waals surface area contributed by atoms with Gasteiger partial charge in [0, 0.05) is 42.0 Å². The van der Waals surface area contributed by atoms with Gasteiger partial charge in [-0.1, -0.05) is 105 Å². The Kier molecular flexibility index (Phi) is 4.07. The van der Waals surface area contributed by atoms with E-state index in [0.717, 1.165) is 0 Å². The molecule has 1 aliphatic carbocycles. The second-order valence-electron chi connectivity index (χ2n) is 11.3. The highest BCUT2D eigenvalue weighted by molar-refractivity contribution is 7.25. The zero-order chi connectivity index (χ0) is 25.9. The quantitative estimate of drug-likeness (QED) is 0.205. The lowest BCUT2D eigenvalue weighted by Crippen LogP contribution is -2.16. The molecule has 0 unspecified atom stereocenters. The van der Waals surface area contributed by atoms with Crippen LogP contribution in [0.5, 0.6) is 0 Å². The first-order valence-corrected chi connectivity index (χ1v) is 14.4. The fourth-order valence-electron chi connectivity index (χ4n) is 7.31. The molecule has 0 radical (unpaired) electrons. The lowest BCUT2D eigenvalue weighted by molar-refractivity contribution is 0.664. The molecule has 0 atom stereocenters. The molecule has 9 rings (SSSR count). The molecule has 8 aromatic rings. The Morgan fingerprint density at radius 1 is 0.590 bits per heavy atom. The third-order valence-electron chi connectivity index (χ3n) is 8.94. The minimum absolute atomic E-state index is 0.123. The second kappa shape index (κ2) is 7.37. The van der Waals surface area contributed by atoms with Crippen LogP contribution < -0.4 is 0 Å². The first-order valence-electron chi connectivity index (χ1n) is 13.6. The van der Waals surface area contributed by atoms with Crippen LogP contribution in [0, 0.1) is 0 Å². The summed E-state index contributed by atoms with van der Waals surface area (Å²) in [5, 5.41) is 8.03. The van der Waals surface area contributed by atoms with Crippen molar-refractivity contribution in [3.8, 4) is 16.8 Å². The maximum atomic E-state index is 2.55. The molecule has 0 N–H and O–H groups in total. The van der Waals surface area contributed by atoms with E-state index in [-0.39, 0.29) is 5.41 Å². The van der Waals surface area contributed by atoms with Crippen LogP contribution in [-0.4, -0.2) is 4.57 Å². The van der Waals surface area contributed by atoms with Gasteiger partial charge < -0.3 is 4.57 Å². The zero-order valence-corrected chi connectivity index (χ0v) is 22.6. The normalized spacial score (nSPS) is 14.1. The van der Waals surface area contributed by atoms with Crippen LogP contribution in [-0.2, 0) is 5.41 Å². The van der Waals surface area contributed by atoms with Crippen molar-refractivity contribution >= 4 is 64.1 Å². The van der Waals surface area contributed by atoms with E-state index in [0.29, 0.717) is 0 Å². The highest BCUT2D eigenvalue weighted by Gasteiger charge is 2.40. The summed E-state index contributed by atoms with van der Waals surface area (Å²) in [6.07, 6.45) is 0. The van der Waals surface area contributed by atoms with Crippen LogP contribution >= 0.6 is 11.3 Å². The number of benzene rings is 6. The molecule has 6 aromatic carbocycles. The second-order valence-corrected chi connectivity index (χ2v) is 12.4. The van der Waals surface area contributed by atoms with Gasteiger partial charge in [0.15, 0.2) is 0 Å². The highest BCUT2D eigenvalue weighted by Crippen LogP contribution is 2.56. The predicted molar refractivity (Wildman–Crippen MR) is 169 cm³/mol. The van der Waals surface area contributed by atoms with Gasteiger partial charge in [-0.05, 0) is 57.3 Å². The summed E-state index contributed by atoms with van der Waals surface area (Å²) in [5.74, 6) is 0. The zero-order valence-electron chi connectivity index (χ0n) is 21.8. The Morgan fingerprint density at radius 3 is 2.13 bits per heavy atom. The van der Waals surface area contributed by atoms with Crippen LogP contribution in [0.25, 0.3) is 69.6 Å². The molecular formula is C37H25NS. The number of fused-ring (bicyclic) bond motifs is 13. The maximum Gasteiger partial charge on any atom is 0.0594 e.